The number of benzene rings is 1. The Morgan fingerprint density at radius 3 is 1.96 bits per heavy atom. The van der Waals surface area contributed by atoms with Gasteiger partial charge in [-0.05, 0) is 56.9 Å². The van der Waals surface area contributed by atoms with Gasteiger partial charge in [-0.1, -0.05) is 44.4 Å². The maximum absolute atomic E-state index is 12.6. The Balaban J connectivity index is 0.00000676. The average Bonchev–Trinajstić information content (AvgIpc) is 2.63. The van der Waals surface area contributed by atoms with Crippen molar-refractivity contribution in [3.63, 3.8) is 0 Å². The van der Waals surface area contributed by atoms with Gasteiger partial charge in [0.05, 0.1) is 31.7 Å². The Bertz CT molecular complexity index is 519. The third-order valence-electron chi connectivity index (χ3n) is 5.37. The molecule has 0 unspecified atom stereocenters. The van der Waals surface area contributed by atoms with Crippen LogP contribution in [0, 0.1) is 0 Å². The van der Waals surface area contributed by atoms with Crippen LogP contribution in [0.2, 0.25) is 0 Å². The van der Waals surface area contributed by atoms with E-state index in [1.165, 1.54) is 38.6 Å². The van der Waals surface area contributed by atoms with Crippen molar-refractivity contribution in [1.82, 2.24) is 0 Å². The lowest BCUT2D eigenvalue weighted by Gasteiger charge is -2.36. The van der Waals surface area contributed by atoms with E-state index in [1.54, 1.807) is 12.1 Å². The largest absolute Gasteiger partial charge is 1.00 e. The first kappa shape index (κ1) is 26.0. The van der Waals surface area contributed by atoms with Crippen LogP contribution in [0.1, 0.15) is 64.0 Å². The lowest BCUT2D eigenvalue weighted by molar-refractivity contribution is -0.919. The number of nitrogens with zero attached hydrogens (tertiary/aromatic N) is 1. The smallest absolute Gasteiger partial charge is 0.416 e. The number of alkyl halides is 3. The Morgan fingerprint density at radius 2 is 1.44 bits per heavy atom. The molecule has 0 aromatic heterocycles. The molecule has 1 aromatic rings. The zero-order valence-electron chi connectivity index (χ0n) is 17.0. The molecular formula is C22H35ClF3N. The lowest BCUT2D eigenvalue weighted by atomic mass is 10.1. The van der Waals surface area contributed by atoms with Crippen molar-refractivity contribution in [1.29, 1.82) is 0 Å². The zero-order chi connectivity index (χ0) is 19.5. The second kappa shape index (κ2) is 13.2. The Kier molecular flexibility index (Phi) is 12.7. The van der Waals surface area contributed by atoms with Crippen LogP contribution >= 0.6 is 0 Å². The van der Waals surface area contributed by atoms with Gasteiger partial charge in [-0.3, -0.25) is 0 Å². The van der Waals surface area contributed by atoms with Crippen molar-refractivity contribution in [3.8, 4) is 0 Å². The molecular weight excluding hydrogens is 371 g/mol. The van der Waals surface area contributed by atoms with Crippen molar-refractivity contribution in [2.45, 2.75) is 65.5 Å². The molecule has 0 N–H and O–H groups in total. The molecule has 0 saturated heterocycles. The third-order valence-corrected chi connectivity index (χ3v) is 5.37. The summed E-state index contributed by atoms with van der Waals surface area (Å²) in [6.07, 6.45) is 7.23. The average molecular weight is 406 g/mol. The molecule has 27 heavy (non-hydrogen) atoms. The fourth-order valence-electron chi connectivity index (χ4n) is 3.29. The Hall–Kier alpha value is -1.00. The molecule has 0 heterocycles. The molecule has 0 saturated carbocycles. The van der Waals surface area contributed by atoms with Crippen LogP contribution in [0.15, 0.2) is 36.4 Å². The van der Waals surface area contributed by atoms with E-state index < -0.39 is 11.7 Å². The van der Waals surface area contributed by atoms with Crippen molar-refractivity contribution in [2.24, 2.45) is 0 Å². The highest BCUT2D eigenvalue weighted by Gasteiger charge is 2.29. The molecule has 0 spiro atoms. The van der Waals surface area contributed by atoms with Gasteiger partial charge in [-0.15, -0.1) is 0 Å². The molecule has 1 rings (SSSR count). The van der Waals surface area contributed by atoms with Gasteiger partial charge in [0.2, 0.25) is 0 Å². The minimum Gasteiger partial charge on any atom is -1.00 e. The van der Waals surface area contributed by atoms with Gasteiger partial charge in [0, 0.05) is 0 Å². The van der Waals surface area contributed by atoms with E-state index in [0.717, 1.165) is 41.8 Å². The van der Waals surface area contributed by atoms with Crippen molar-refractivity contribution >= 4 is 0 Å². The maximum atomic E-state index is 12.6. The van der Waals surface area contributed by atoms with Gasteiger partial charge in [-0.25, -0.2) is 0 Å². The van der Waals surface area contributed by atoms with Crippen LogP contribution in [0.25, 0.3) is 0 Å². The lowest BCUT2D eigenvalue weighted by Crippen LogP contribution is -3.00. The first-order valence-electron chi connectivity index (χ1n) is 10.0. The molecule has 0 aliphatic carbocycles. The minimum atomic E-state index is -4.26. The van der Waals surface area contributed by atoms with Crippen LogP contribution in [0.3, 0.4) is 0 Å². The van der Waals surface area contributed by atoms with Gasteiger partial charge < -0.3 is 16.9 Å². The first-order chi connectivity index (χ1) is 12.4. The molecule has 0 aliphatic rings. The van der Waals surface area contributed by atoms with E-state index in [2.05, 4.69) is 32.9 Å². The summed E-state index contributed by atoms with van der Waals surface area (Å²) in [6, 6.07) is 5.47. The van der Waals surface area contributed by atoms with Gasteiger partial charge >= 0.3 is 6.18 Å². The van der Waals surface area contributed by atoms with E-state index >= 15 is 0 Å². The van der Waals surface area contributed by atoms with Crippen LogP contribution < -0.4 is 12.4 Å². The summed E-state index contributed by atoms with van der Waals surface area (Å²) in [5.74, 6) is 0. The topological polar surface area (TPSA) is 0 Å². The molecule has 1 aromatic carbocycles. The monoisotopic (exact) mass is 405 g/mol. The molecule has 0 fully saturated rings. The summed E-state index contributed by atoms with van der Waals surface area (Å²) in [5.41, 5.74) is 0.334. The number of hydrogen-bond donors (Lipinski definition) is 0. The quantitative estimate of drug-likeness (QED) is 0.283. The van der Waals surface area contributed by atoms with Crippen molar-refractivity contribution in [3.05, 3.63) is 47.5 Å². The van der Waals surface area contributed by atoms with Gasteiger partial charge in [0.25, 0.3) is 0 Å². The Morgan fingerprint density at radius 1 is 0.852 bits per heavy atom. The molecule has 0 aliphatic heterocycles. The summed E-state index contributed by atoms with van der Waals surface area (Å²) in [6.45, 7) is 11.2. The highest BCUT2D eigenvalue weighted by molar-refractivity contribution is 5.25. The number of quaternary nitrogens is 1. The number of halogens is 4. The molecule has 156 valence electrons. The normalized spacial score (nSPS) is 12.4. The summed E-state index contributed by atoms with van der Waals surface area (Å²) >= 11 is 0. The summed E-state index contributed by atoms with van der Waals surface area (Å²) < 4.78 is 38.9. The van der Waals surface area contributed by atoms with E-state index in [1.807, 2.05) is 0 Å². The standard InChI is InChI=1S/C22H35F3N.ClH/c1-4-7-8-9-11-18-26(5-2,6-3)19-12-10-13-20-14-16-21(17-15-20)22(23,24)25;/h10,12,14-17H,4-9,11,13,18-19H2,1-3H3;1H/q+1;/p-1. The number of allylic oxidation sites excluding steroid dienone is 1. The first-order valence-corrected chi connectivity index (χ1v) is 10.0. The Labute approximate surface area is 169 Å². The number of rotatable bonds is 12. The fraction of sp³-hybridized carbons (Fsp3) is 0.636. The SMILES string of the molecule is CCCCCCC[N+](CC)(CC)CC=CCc1ccc(C(F)(F)F)cc1.[Cl-]. The number of likely N-dealkylation sites (N-methyl/N-ethyl adjacent to an activating group) is 1. The molecule has 5 heteroatoms. The maximum Gasteiger partial charge on any atom is 0.416 e. The third kappa shape index (κ3) is 9.66. The van der Waals surface area contributed by atoms with Crippen LogP contribution in [0.5, 0.6) is 0 Å². The fourth-order valence-corrected chi connectivity index (χ4v) is 3.29. The number of hydrogen-bond acceptors (Lipinski definition) is 0. The van der Waals surface area contributed by atoms with Gasteiger partial charge in [0.15, 0.2) is 0 Å². The second-order valence-corrected chi connectivity index (χ2v) is 7.16. The van der Waals surface area contributed by atoms with Crippen molar-refractivity contribution in [2.75, 3.05) is 26.2 Å². The minimum absolute atomic E-state index is 0. The predicted molar refractivity (Wildman–Crippen MR) is 104 cm³/mol. The van der Waals surface area contributed by atoms with E-state index in [0.29, 0.717) is 6.42 Å². The van der Waals surface area contributed by atoms with Crippen molar-refractivity contribution < 1.29 is 30.1 Å². The molecule has 0 atom stereocenters. The summed E-state index contributed by atoms with van der Waals surface area (Å²) in [5, 5.41) is 0. The van der Waals surface area contributed by atoms with Gasteiger partial charge in [-0.2, -0.15) is 13.2 Å². The highest BCUT2D eigenvalue weighted by Crippen LogP contribution is 2.29. The molecule has 0 radical (unpaired) electrons. The van der Waals surface area contributed by atoms with Crippen LogP contribution in [-0.2, 0) is 12.6 Å². The van der Waals surface area contributed by atoms with Crippen LogP contribution in [0.4, 0.5) is 13.2 Å². The molecule has 1 nitrogen and oxygen atoms in total. The van der Waals surface area contributed by atoms with Crippen LogP contribution in [-0.4, -0.2) is 30.7 Å². The zero-order valence-corrected chi connectivity index (χ0v) is 17.8. The van der Waals surface area contributed by atoms with E-state index in [4.69, 9.17) is 0 Å². The van der Waals surface area contributed by atoms with E-state index in [9.17, 15) is 13.2 Å². The van der Waals surface area contributed by atoms with Gasteiger partial charge in [0.1, 0.15) is 0 Å². The number of unbranched alkanes of at least 4 members (excludes halogenated alkanes) is 4. The molecule has 0 bridgehead atoms. The molecule has 0 amide bonds. The predicted octanol–water partition coefficient (Wildman–Crippen LogP) is 3.64. The summed E-state index contributed by atoms with van der Waals surface area (Å²) in [4.78, 5) is 0. The van der Waals surface area contributed by atoms with E-state index in [-0.39, 0.29) is 12.4 Å². The second-order valence-electron chi connectivity index (χ2n) is 7.16. The summed E-state index contributed by atoms with van der Waals surface area (Å²) in [7, 11) is 0. The highest BCUT2D eigenvalue weighted by atomic mass is 35.5.